The number of aryl methyl sites for hydroxylation is 1. The second kappa shape index (κ2) is 6.03. The Bertz CT molecular complexity index is 522. The Kier molecular flexibility index (Phi) is 4.60. The van der Waals surface area contributed by atoms with Gasteiger partial charge in [-0.2, -0.15) is 0 Å². The molecule has 0 aliphatic carbocycles. The van der Waals surface area contributed by atoms with Crippen LogP contribution in [-0.2, 0) is 10.0 Å². The number of hydrogen-bond donors (Lipinski definition) is 2. The summed E-state index contributed by atoms with van der Waals surface area (Å²) in [6, 6.07) is 7.04. The molecule has 19 heavy (non-hydrogen) atoms. The van der Waals surface area contributed by atoms with Crippen molar-refractivity contribution < 1.29 is 8.42 Å². The minimum absolute atomic E-state index is 0.0441. The van der Waals surface area contributed by atoms with Crippen LogP contribution >= 0.6 is 0 Å². The van der Waals surface area contributed by atoms with Crippen LogP contribution < -0.4 is 10.0 Å². The van der Waals surface area contributed by atoms with Gasteiger partial charge in [0.15, 0.2) is 0 Å². The maximum absolute atomic E-state index is 12.4. The summed E-state index contributed by atoms with van der Waals surface area (Å²) in [5, 5.41) is 3.32. The first-order valence-corrected chi connectivity index (χ1v) is 8.28. The Labute approximate surface area is 115 Å². The fourth-order valence-corrected chi connectivity index (χ4v) is 4.13. The number of benzene rings is 1. The van der Waals surface area contributed by atoms with Crippen molar-refractivity contribution in [3.8, 4) is 0 Å². The number of hydrogen-bond acceptors (Lipinski definition) is 3. The van der Waals surface area contributed by atoms with Crippen LogP contribution in [0.3, 0.4) is 0 Å². The van der Waals surface area contributed by atoms with E-state index in [4.69, 9.17) is 0 Å². The number of piperidine rings is 1. The molecule has 0 spiro atoms. The van der Waals surface area contributed by atoms with Crippen molar-refractivity contribution in [2.24, 2.45) is 5.92 Å². The van der Waals surface area contributed by atoms with Crippen molar-refractivity contribution in [1.29, 1.82) is 0 Å². The molecule has 106 valence electrons. The first kappa shape index (κ1) is 14.5. The van der Waals surface area contributed by atoms with Crippen molar-refractivity contribution in [3.63, 3.8) is 0 Å². The zero-order valence-corrected chi connectivity index (χ0v) is 12.3. The zero-order valence-electron chi connectivity index (χ0n) is 11.5. The van der Waals surface area contributed by atoms with E-state index in [-0.39, 0.29) is 6.04 Å². The van der Waals surface area contributed by atoms with Crippen LogP contribution in [0.5, 0.6) is 0 Å². The Balaban J connectivity index is 2.11. The van der Waals surface area contributed by atoms with Crippen molar-refractivity contribution in [3.05, 3.63) is 29.8 Å². The molecule has 2 atom stereocenters. The van der Waals surface area contributed by atoms with Gasteiger partial charge in [0.2, 0.25) is 10.0 Å². The summed E-state index contributed by atoms with van der Waals surface area (Å²) < 4.78 is 27.6. The van der Waals surface area contributed by atoms with Crippen LogP contribution in [0.25, 0.3) is 0 Å². The minimum Gasteiger partial charge on any atom is -0.316 e. The molecule has 2 rings (SSSR count). The van der Waals surface area contributed by atoms with Crippen LogP contribution in [0.1, 0.15) is 25.3 Å². The largest absolute Gasteiger partial charge is 0.316 e. The van der Waals surface area contributed by atoms with Gasteiger partial charge in [0, 0.05) is 6.04 Å². The molecular weight excluding hydrogens is 260 g/mol. The van der Waals surface area contributed by atoms with Gasteiger partial charge in [-0.15, -0.1) is 0 Å². The van der Waals surface area contributed by atoms with Crippen molar-refractivity contribution in [2.45, 2.75) is 37.6 Å². The second-order valence-electron chi connectivity index (χ2n) is 5.28. The van der Waals surface area contributed by atoms with Crippen LogP contribution in [0.15, 0.2) is 29.2 Å². The van der Waals surface area contributed by atoms with Crippen LogP contribution in [0.2, 0.25) is 0 Å². The van der Waals surface area contributed by atoms with E-state index in [1.165, 1.54) is 0 Å². The number of nitrogens with one attached hydrogen (secondary N) is 2. The van der Waals surface area contributed by atoms with Gasteiger partial charge in [-0.25, -0.2) is 13.1 Å². The van der Waals surface area contributed by atoms with E-state index in [1.807, 2.05) is 26.0 Å². The molecule has 2 unspecified atom stereocenters. The normalized spacial score (nSPS) is 22.1. The van der Waals surface area contributed by atoms with Gasteiger partial charge < -0.3 is 5.32 Å². The van der Waals surface area contributed by atoms with Crippen LogP contribution in [0, 0.1) is 12.8 Å². The quantitative estimate of drug-likeness (QED) is 0.883. The third-order valence-electron chi connectivity index (χ3n) is 3.77. The lowest BCUT2D eigenvalue weighted by molar-refractivity contribution is 0.320. The molecule has 1 heterocycles. The lowest BCUT2D eigenvalue weighted by Gasteiger charge is -2.28. The minimum atomic E-state index is -3.42. The maximum Gasteiger partial charge on any atom is 0.241 e. The molecular formula is C14H22N2O2S. The highest BCUT2D eigenvalue weighted by atomic mass is 32.2. The Hall–Kier alpha value is -0.910. The smallest absolute Gasteiger partial charge is 0.241 e. The zero-order chi connectivity index (χ0) is 13.9. The summed E-state index contributed by atoms with van der Waals surface area (Å²) >= 11 is 0. The molecule has 1 fully saturated rings. The Morgan fingerprint density at radius 1 is 1.37 bits per heavy atom. The molecule has 0 radical (unpaired) electrons. The van der Waals surface area contributed by atoms with Crippen LogP contribution in [0.4, 0.5) is 0 Å². The standard InChI is InChI=1S/C14H22N2O2S/c1-11-6-3-4-8-14(11)19(17,18)16-12(2)13-7-5-9-15-10-13/h3-4,6,8,12-13,15-16H,5,7,9-10H2,1-2H3. The third kappa shape index (κ3) is 3.55. The van der Waals surface area contributed by atoms with Gasteiger partial charge in [-0.3, -0.25) is 0 Å². The van der Waals surface area contributed by atoms with Crippen molar-refractivity contribution >= 4 is 10.0 Å². The van der Waals surface area contributed by atoms with Crippen molar-refractivity contribution in [1.82, 2.24) is 10.0 Å². The summed E-state index contributed by atoms with van der Waals surface area (Å²) in [5.74, 6) is 0.368. The molecule has 0 amide bonds. The highest BCUT2D eigenvalue weighted by Crippen LogP contribution is 2.18. The van der Waals surface area contributed by atoms with E-state index in [2.05, 4.69) is 10.0 Å². The highest BCUT2D eigenvalue weighted by Gasteiger charge is 2.25. The fourth-order valence-electron chi connectivity index (χ4n) is 2.57. The molecule has 2 N–H and O–H groups in total. The van der Waals surface area contributed by atoms with E-state index in [0.717, 1.165) is 31.5 Å². The summed E-state index contributed by atoms with van der Waals surface area (Å²) in [5.41, 5.74) is 0.781. The van der Waals surface area contributed by atoms with Gasteiger partial charge >= 0.3 is 0 Å². The maximum atomic E-state index is 12.4. The summed E-state index contributed by atoms with van der Waals surface area (Å²) in [4.78, 5) is 0.380. The van der Waals surface area contributed by atoms with E-state index in [9.17, 15) is 8.42 Å². The molecule has 4 nitrogen and oxygen atoms in total. The van der Waals surface area contributed by atoms with Gasteiger partial charge in [0.1, 0.15) is 0 Å². The first-order chi connectivity index (χ1) is 9.00. The average Bonchev–Trinajstić information content (AvgIpc) is 2.39. The molecule has 0 saturated carbocycles. The summed E-state index contributed by atoms with van der Waals surface area (Å²) in [6.45, 7) is 5.69. The molecule has 1 aromatic rings. The van der Waals surface area contributed by atoms with E-state index < -0.39 is 10.0 Å². The molecule has 1 aliphatic rings. The second-order valence-corrected chi connectivity index (χ2v) is 6.96. The molecule has 1 saturated heterocycles. The highest BCUT2D eigenvalue weighted by molar-refractivity contribution is 7.89. The van der Waals surface area contributed by atoms with Gasteiger partial charge in [0.05, 0.1) is 4.90 Å². The molecule has 0 aromatic heterocycles. The van der Waals surface area contributed by atoms with Gasteiger partial charge in [0.25, 0.3) is 0 Å². The average molecular weight is 282 g/mol. The van der Waals surface area contributed by atoms with E-state index in [0.29, 0.717) is 10.8 Å². The lowest BCUT2D eigenvalue weighted by Crippen LogP contribution is -2.44. The topological polar surface area (TPSA) is 58.2 Å². The predicted molar refractivity (Wildman–Crippen MR) is 76.6 cm³/mol. The van der Waals surface area contributed by atoms with Crippen molar-refractivity contribution in [2.75, 3.05) is 13.1 Å². The number of sulfonamides is 1. The van der Waals surface area contributed by atoms with E-state index in [1.54, 1.807) is 12.1 Å². The van der Waals surface area contributed by atoms with Crippen LogP contribution in [-0.4, -0.2) is 27.5 Å². The molecule has 1 aliphatic heterocycles. The molecule has 1 aromatic carbocycles. The fraction of sp³-hybridized carbons (Fsp3) is 0.571. The van der Waals surface area contributed by atoms with Gasteiger partial charge in [-0.1, -0.05) is 18.2 Å². The third-order valence-corrected chi connectivity index (χ3v) is 5.49. The number of rotatable bonds is 4. The molecule has 0 bridgehead atoms. The van der Waals surface area contributed by atoms with Gasteiger partial charge in [-0.05, 0) is 57.3 Å². The lowest BCUT2D eigenvalue weighted by atomic mass is 9.94. The Morgan fingerprint density at radius 2 is 2.11 bits per heavy atom. The summed E-state index contributed by atoms with van der Waals surface area (Å²) in [6.07, 6.45) is 2.19. The predicted octanol–water partition coefficient (Wildman–Crippen LogP) is 1.66. The van der Waals surface area contributed by atoms with E-state index >= 15 is 0 Å². The first-order valence-electron chi connectivity index (χ1n) is 6.79. The monoisotopic (exact) mass is 282 g/mol. The molecule has 5 heteroatoms. The summed E-state index contributed by atoms with van der Waals surface area (Å²) in [7, 11) is -3.42. The Morgan fingerprint density at radius 3 is 2.74 bits per heavy atom. The SMILES string of the molecule is Cc1ccccc1S(=O)(=O)NC(C)C1CCCNC1.